The summed E-state index contributed by atoms with van der Waals surface area (Å²) < 4.78 is 38.3. The second-order valence-corrected chi connectivity index (χ2v) is 5.93. The Balaban J connectivity index is 2.01. The molecule has 0 fully saturated rings. The molecule has 27 heavy (non-hydrogen) atoms. The highest BCUT2D eigenvalue weighted by Crippen LogP contribution is 2.29. The molecule has 2 aromatic carbocycles. The zero-order valence-corrected chi connectivity index (χ0v) is 14.9. The van der Waals surface area contributed by atoms with Crippen LogP contribution in [0.2, 0.25) is 0 Å². The van der Waals surface area contributed by atoms with Crippen molar-refractivity contribution in [1.29, 1.82) is 0 Å². The summed E-state index contributed by atoms with van der Waals surface area (Å²) in [6, 6.07) is 11.5. The largest absolute Gasteiger partial charge is 0.416 e. The van der Waals surface area contributed by atoms with Crippen LogP contribution < -0.4 is 5.32 Å². The Labute approximate surface area is 155 Å². The quantitative estimate of drug-likeness (QED) is 0.809. The molecule has 0 saturated carbocycles. The first-order valence-corrected chi connectivity index (χ1v) is 8.12. The van der Waals surface area contributed by atoms with Gasteiger partial charge in [0.2, 0.25) is 5.91 Å². The number of likely N-dealkylation sites (N-methyl/N-ethyl adjacent to an activating group) is 1. The van der Waals surface area contributed by atoms with Gasteiger partial charge in [0.1, 0.15) is 0 Å². The average molecular weight is 376 g/mol. The van der Waals surface area contributed by atoms with Gasteiger partial charge in [-0.25, -0.2) is 0 Å². The Hall–Kier alpha value is -3.09. The van der Waals surface area contributed by atoms with Crippen LogP contribution in [0.5, 0.6) is 0 Å². The summed E-state index contributed by atoms with van der Waals surface area (Å²) in [5.41, 5.74) is 0.878. The maximum Gasteiger partial charge on any atom is 0.416 e. The molecular formula is C20H19F3N2O2. The van der Waals surface area contributed by atoms with E-state index in [1.165, 1.54) is 31.1 Å². The van der Waals surface area contributed by atoms with Crippen molar-refractivity contribution < 1.29 is 22.8 Å². The molecule has 0 aliphatic carbocycles. The van der Waals surface area contributed by atoms with E-state index in [1.807, 2.05) is 0 Å². The van der Waals surface area contributed by atoms with Crippen LogP contribution in [0, 0.1) is 0 Å². The van der Waals surface area contributed by atoms with E-state index >= 15 is 0 Å². The summed E-state index contributed by atoms with van der Waals surface area (Å²) in [6.45, 7) is 0.0582. The molecule has 0 unspecified atom stereocenters. The van der Waals surface area contributed by atoms with Gasteiger partial charge in [0.25, 0.3) is 5.91 Å². The van der Waals surface area contributed by atoms with Crippen LogP contribution in [0.3, 0.4) is 0 Å². The number of carbonyl (C=O) groups is 2. The average Bonchev–Trinajstić information content (AvgIpc) is 2.65. The first-order valence-electron chi connectivity index (χ1n) is 8.12. The molecule has 1 N–H and O–H groups in total. The molecular weight excluding hydrogens is 357 g/mol. The van der Waals surface area contributed by atoms with E-state index in [0.717, 1.165) is 17.7 Å². The van der Waals surface area contributed by atoms with E-state index in [1.54, 1.807) is 36.4 Å². The summed E-state index contributed by atoms with van der Waals surface area (Å²) in [5, 5.41) is 2.51. The van der Waals surface area contributed by atoms with Gasteiger partial charge in [-0.1, -0.05) is 24.3 Å². The SMILES string of the molecule is CNC(=O)c1ccc(C=CC(=O)N(C)Cc2cccc(C(F)(F)F)c2)cc1. The minimum Gasteiger partial charge on any atom is -0.355 e. The maximum absolute atomic E-state index is 12.8. The molecule has 0 saturated heterocycles. The lowest BCUT2D eigenvalue weighted by Gasteiger charge is -2.16. The summed E-state index contributed by atoms with van der Waals surface area (Å²) in [4.78, 5) is 25.0. The van der Waals surface area contributed by atoms with Gasteiger partial charge in [0, 0.05) is 32.3 Å². The van der Waals surface area contributed by atoms with Gasteiger partial charge in [0.05, 0.1) is 5.56 Å². The first-order chi connectivity index (χ1) is 12.7. The van der Waals surface area contributed by atoms with Crippen LogP contribution in [-0.2, 0) is 17.5 Å². The number of hydrogen-bond acceptors (Lipinski definition) is 2. The Morgan fingerprint density at radius 2 is 1.78 bits per heavy atom. The molecule has 0 aliphatic heterocycles. The van der Waals surface area contributed by atoms with E-state index in [4.69, 9.17) is 0 Å². The molecule has 0 atom stereocenters. The lowest BCUT2D eigenvalue weighted by molar-refractivity contribution is -0.137. The topological polar surface area (TPSA) is 49.4 Å². The normalized spacial score (nSPS) is 11.4. The van der Waals surface area contributed by atoms with Gasteiger partial charge in [-0.15, -0.1) is 0 Å². The van der Waals surface area contributed by atoms with Crippen LogP contribution in [0.15, 0.2) is 54.6 Å². The number of hydrogen-bond donors (Lipinski definition) is 1. The Kier molecular flexibility index (Phi) is 6.39. The van der Waals surface area contributed by atoms with Gasteiger partial charge >= 0.3 is 6.18 Å². The van der Waals surface area contributed by atoms with Crippen molar-refractivity contribution in [2.75, 3.05) is 14.1 Å². The molecule has 142 valence electrons. The monoisotopic (exact) mass is 376 g/mol. The summed E-state index contributed by atoms with van der Waals surface area (Å²) >= 11 is 0. The minimum absolute atomic E-state index is 0.0582. The number of alkyl halides is 3. The molecule has 0 bridgehead atoms. The van der Waals surface area contributed by atoms with Crippen molar-refractivity contribution in [3.8, 4) is 0 Å². The third-order valence-corrected chi connectivity index (χ3v) is 3.87. The first kappa shape index (κ1) is 20.2. The number of benzene rings is 2. The van der Waals surface area contributed by atoms with E-state index in [0.29, 0.717) is 11.1 Å². The molecule has 0 radical (unpaired) electrons. The molecule has 0 aliphatic rings. The Morgan fingerprint density at radius 1 is 1.11 bits per heavy atom. The molecule has 0 heterocycles. The summed E-state index contributed by atoms with van der Waals surface area (Å²) in [5.74, 6) is -0.551. The van der Waals surface area contributed by atoms with Crippen LogP contribution in [0.4, 0.5) is 13.2 Å². The molecule has 0 spiro atoms. The zero-order valence-electron chi connectivity index (χ0n) is 14.9. The predicted octanol–water partition coefficient (Wildman–Crippen LogP) is 3.74. The molecule has 4 nitrogen and oxygen atoms in total. The number of rotatable bonds is 5. The fraction of sp³-hybridized carbons (Fsp3) is 0.200. The van der Waals surface area contributed by atoms with Crippen molar-refractivity contribution in [1.82, 2.24) is 10.2 Å². The number of halogens is 3. The van der Waals surface area contributed by atoms with E-state index < -0.39 is 11.7 Å². The van der Waals surface area contributed by atoms with Gasteiger partial charge in [-0.05, 0) is 41.5 Å². The standard InChI is InChI=1S/C20H19F3N2O2/c1-24-19(27)16-9-6-14(7-10-16)8-11-18(26)25(2)13-15-4-3-5-17(12-15)20(21,22)23/h3-12H,13H2,1-2H3,(H,24,27). The maximum atomic E-state index is 12.8. The lowest BCUT2D eigenvalue weighted by Crippen LogP contribution is -2.24. The lowest BCUT2D eigenvalue weighted by atomic mass is 10.1. The van der Waals surface area contributed by atoms with Gasteiger partial charge in [-0.2, -0.15) is 13.2 Å². The van der Waals surface area contributed by atoms with Crippen molar-refractivity contribution in [2.45, 2.75) is 12.7 Å². The highest BCUT2D eigenvalue weighted by atomic mass is 19.4. The summed E-state index contributed by atoms with van der Waals surface area (Å²) in [7, 11) is 3.05. The number of nitrogens with zero attached hydrogens (tertiary/aromatic N) is 1. The minimum atomic E-state index is -4.42. The third-order valence-electron chi connectivity index (χ3n) is 3.87. The number of amides is 2. The number of nitrogens with one attached hydrogen (secondary N) is 1. The molecule has 2 rings (SSSR count). The second-order valence-electron chi connectivity index (χ2n) is 5.93. The molecule has 0 aromatic heterocycles. The smallest absolute Gasteiger partial charge is 0.355 e. The Morgan fingerprint density at radius 3 is 2.37 bits per heavy atom. The Bertz CT molecular complexity index is 843. The van der Waals surface area contributed by atoms with Crippen molar-refractivity contribution in [2.24, 2.45) is 0 Å². The van der Waals surface area contributed by atoms with Crippen LogP contribution in [-0.4, -0.2) is 30.8 Å². The van der Waals surface area contributed by atoms with Crippen LogP contribution in [0.25, 0.3) is 6.08 Å². The summed E-state index contributed by atoms with van der Waals surface area (Å²) in [6.07, 6.45) is -1.50. The van der Waals surface area contributed by atoms with Crippen LogP contribution in [0.1, 0.15) is 27.0 Å². The van der Waals surface area contributed by atoms with Crippen molar-refractivity contribution in [3.05, 3.63) is 76.9 Å². The second kappa shape index (κ2) is 8.53. The van der Waals surface area contributed by atoms with E-state index in [-0.39, 0.29) is 18.4 Å². The molecule has 7 heteroatoms. The van der Waals surface area contributed by atoms with Crippen LogP contribution >= 0.6 is 0 Å². The van der Waals surface area contributed by atoms with E-state index in [2.05, 4.69) is 5.32 Å². The van der Waals surface area contributed by atoms with E-state index in [9.17, 15) is 22.8 Å². The molecule has 2 amide bonds. The van der Waals surface area contributed by atoms with Gasteiger partial charge in [-0.3, -0.25) is 9.59 Å². The third kappa shape index (κ3) is 5.70. The van der Waals surface area contributed by atoms with Crippen molar-refractivity contribution in [3.63, 3.8) is 0 Å². The van der Waals surface area contributed by atoms with Gasteiger partial charge in [0.15, 0.2) is 0 Å². The predicted molar refractivity (Wildman–Crippen MR) is 96.8 cm³/mol. The highest BCUT2D eigenvalue weighted by molar-refractivity contribution is 5.94. The molecule has 2 aromatic rings. The van der Waals surface area contributed by atoms with Gasteiger partial charge < -0.3 is 10.2 Å². The number of carbonyl (C=O) groups excluding carboxylic acids is 2. The highest BCUT2D eigenvalue weighted by Gasteiger charge is 2.30. The fourth-order valence-electron chi connectivity index (χ4n) is 2.38. The van der Waals surface area contributed by atoms with Crippen molar-refractivity contribution >= 4 is 17.9 Å². The fourth-order valence-corrected chi connectivity index (χ4v) is 2.38. The zero-order chi connectivity index (χ0) is 20.0.